The third kappa shape index (κ3) is 4.06. The van der Waals surface area contributed by atoms with Crippen molar-refractivity contribution in [3.8, 4) is 0 Å². The molecule has 1 aliphatic rings. The van der Waals surface area contributed by atoms with E-state index < -0.39 is 11.5 Å². The molecule has 0 aromatic heterocycles. The molecule has 1 fully saturated rings. The first-order chi connectivity index (χ1) is 7.28. The first-order valence-electron chi connectivity index (χ1n) is 5.16. The third-order valence-corrected chi connectivity index (χ3v) is 1.96. The lowest BCUT2D eigenvalue weighted by molar-refractivity contribution is -0.128. The summed E-state index contributed by atoms with van der Waals surface area (Å²) < 4.78 is 10.3. The fourth-order valence-corrected chi connectivity index (χ4v) is 1.22. The fourth-order valence-electron chi connectivity index (χ4n) is 1.22. The van der Waals surface area contributed by atoms with Crippen LogP contribution in [0, 0.1) is 0 Å². The van der Waals surface area contributed by atoms with Gasteiger partial charge < -0.3 is 20.1 Å². The van der Waals surface area contributed by atoms with Crippen molar-refractivity contribution < 1.29 is 19.1 Å². The maximum Gasteiger partial charge on any atom is 0.410 e. The number of primary amides is 1. The van der Waals surface area contributed by atoms with Gasteiger partial charge in [0.1, 0.15) is 12.2 Å². The summed E-state index contributed by atoms with van der Waals surface area (Å²) in [5.41, 5.74) is 4.44. The Balaban J connectivity index is 2.20. The van der Waals surface area contributed by atoms with Gasteiger partial charge in [-0.3, -0.25) is 4.79 Å². The van der Waals surface area contributed by atoms with Crippen molar-refractivity contribution >= 4 is 12.0 Å². The highest BCUT2D eigenvalue weighted by Crippen LogP contribution is 2.16. The van der Waals surface area contributed by atoms with E-state index in [4.69, 9.17) is 15.2 Å². The summed E-state index contributed by atoms with van der Waals surface area (Å²) in [7, 11) is 0. The zero-order valence-corrected chi connectivity index (χ0v) is 9.86. The minimum Gasteiger partial charge on any atom is -0.444 e. The molecule has 6 nitrogen and oxygen atoms in total. The van der Waals surface area contributed by atoms with E-state index in [0.717, 1.165) is 0 Å². The molecule has 0 spiro atoms. The number of ether oxygens (including phenoxy) is 2. The average molecular weight is 230 g/mol. The summed E-state index contributed by atoms with van der Waals surface area (Å²) in [4.78, 5) is 23.4. The zero-order valence-electron chi connectivity index (χ0n) is 9.86. The largest absolute Gasteiger partial charge is 0.444 e. The van der Waals surface area contributed by atoms with Gasteiger partial charge in [-0.15, -0.1) is 0 Å². The average Bonchev–Trinajstić information content (AvgIpc) is 1.96. The van der Waals surface area contributed by atoms with Gasteiger partial charge in [0.15, 0.2) is 0 Å². The van der Waals surface area contributed by atoms with Gasteiger partial charge in [0, 0.05) is 0 Å². The Morgan fingerprint density at radius 3 is 2.38 bits per heavy atom. The van der Waals surface area contributed by atoms with Crippen LogP contribution in [0.3, 0.4) is 0 Å². The Morgan fingerprint density at radius 1 is 1.38 bits per heavy atom. The summed E-state index contributed by atoms with van der Waals surface area (Å²) in [5, 5.41) is 0. The molecule has 0 unspecified atom stereocenters. The van der Waals surface area contributed by atoms with Gasteiger partial charge in [-0.1, -0.05) is 0 Å². The van der Waals surface area contributed by atoms with Gasteiger partial charge >= 0.3 is 6.09 Å². The Hall–Kier alpha value is -1.30. The monoisotopic (exact) mass is 230 g/mol. The Morgan fingerprint density at radius 2 is 1.94 bits per heavy atom. The molecule has 0 aromatic rings. The minimum absolute atomic E-state index is 0.104. The van der Waals surface area contributed by atoms with Crippen molar-refractivity contribution in [1.29, 1.82) is 0 Å². The lowest BCUT2D eigenvalue weighted by Gasteiger charge is -2.39. The highest BCUT2D eigenvalue weighted by molar-refractivity contribution is 5.75. The van der Waals surface area contributed by atoms with Crippen LogP contribution in [-0.4, -0.2) is 48.3 Å². The Labute approximate surface area is 94.7 Å². The zero-order chi connectivity index (χ0) is 12.3. The second kappa shape index (κ2) is 4.69. The molecule has 0 radical (unpaired) electrons. The molecule has 92 valence electrons. The van der Waals surface area contributed by atoms with Gasteiger partial charge in [0.05, 0.1) is 19.2 Å². The van der Waals surface area contributed by atoms with Crippen molar-refractivity contribution in [2.24, 2.45) is 5.73 Å². The topological polar surface area (TPSA) is 81.9 Å². The second-order valence-corrected chi connectivity index (χ2v) is 4.78. The molecule has 1 heterocycles. The van der Waals surface area contributed by atoms with Crippen molar-refractivity contribution in [2.75, 3.05) is 19.7 Å². The van der Waals surface area contributed by atoms with Gasteiger partial charge in [-0.2, -0.15) is 0 Å². The lowest BCUT2D eigenvalue weighted by atomic mass is 10.2. The van der Waals surface area contributed by atoms with Crippen molar-refractivity contribution in [2.45, 2.75) is 32.5 Å². The van der Waals surface area contributed by atoms with Crippen molar-refractivity contribution in [3.63, 3.8) is 0 Å². The number of carbonyl (C=O) groups is 2. The summed E-state index contributed by atoms with van der Waals surface area (Å²) in [6, 6.07) is 0. The molecule has 6 heteroatoms. The minimum atomic E-state index is -0.504. The number of carbonyl (C=O) groups excluding carboxylic acids is 2. The van der Waals surface area contributed by atoms with Crippen LogP contribution in [0.1, 0.15) is 20.8 Å². The second-order valence-electron chi connectivity index (χ2n) is 4.78. The SMILES string of the molecule is CC(C)(C)OC(=O)N1CC(OCC(N)=O)C1. The molecule has 0 bridgehead atoms. The molecule has 0 aromatic carbocycles. The molecule has 0 atom stereocenters. The quantitative estimate of drug-likeness (QED) is 0.746. The number of amides is 2. The molecule has 1 rings (SSSR count). The number of hydrogen-bond donors (Lipinski definition) is 1. The van der Waals surface area contributed by atoms with Crippen LogP contribution < -0.4 is 5.73 Å². The van der Waals surface area contributed by atoms with Crippen molar-refractivity contribution in [1.82, 2.24) is 4.90 Å². The molecular weight excluding hydrogens is 212 g/mol. The summed E-state index contributed by atoms with van der Waals surface area (Å²) >= 11 is 0. The predicted molar refractivity (Wildman–Crippen MR) is 56.7 cm³/mol. The maximum absolute atomic E-state index is 11.5. The fraction of sp³-hybridized carbons (Fsp3) is 0.800. The highest BCUT2D eigenvalue weighted by Gasteiger charge is 2.34. The molecule has 0 saturated carbocycles. The number of rotatable bonds is 3. The molecule has 2 N–H and O–H groups in total. The van der Waals surface area contributed by atoms with Gasteiger partial charge in [0.25, 0.3) is 0 Å². The van der Waals surface area contributed by atoms with E-state index >= 15 is 0 Å². The smallest absolute Gasteiger partial charge is 0.410 e. The molecule has 16 heavy (non-hydrogen) atoms. The standard InChI is InChI=1S/C10H18N2O4/c1-10(2,3)16-9(14)12-4-7(5-12)15-6-8(11)13/h7H,4-6H2,1-3H3,(H2,11,13). The first kappa shape index (κ1) is 12.8. The maximum atomic E-state index is 11.5. The number of hydrogen-bond acceptors (Lipinski definition) is 4. The number of nitrogens with two attached hydrogens (primary N) is 1. The lowest BCUT2D eigenvalue weighted by Crippen LogP contribution is -2.56. The van der Waals surface area contributed by atoms with E-state index in [-0.39, 0.29) is 18.8 Å². The van der Waals surface area contributed by atoms with Crippen LogP contribution in [0.5, 0.6) is 0 Å². The summed E-state index contributed by atoms with van der Waals surface area (Å²) in [5.74, 6) is -0.504. The van der Waals surface area contributed by atoms with Crippen LogP contribution in [0.25, 0.3) is 0 Å². The van der Waals surface area contributed by atoms with Gasteiger partial charge in [-0.05, 0) is 20.8 Å². The van der Waals surface area contributed by atoms with E-state index in [0.29, 0.717) is 13.1 Å². The number of nitrogens with zero attached hydrogens (tertiary/aromatic N) is 1. The van der Waals surface area contributed by atoms with Crippen LogP contribution >= 0.6 is 0 Å². The van der Waals surface area contributed by atoms with Crippen molar-refractivity contribution in [3.05, 3.63) is 0 Å². The van der Waals surface area contributed by atoms with Crippen LogP contribution in [-0.2, 0) is 14.3 Å². The molecule has 1 saturated heterocycles. The van der Waals surface area contributed by atoms with Gasteiger partial charge in [0.2, 0.25) is 5.91 Å². The van der Waals surface area contributed by atoms with Crippen LogP contribution in [0.2, 0.25) is 0 Å². The van der Waals surface area contributed by atoms with E-state index in [1.165, 1.54) is 4.90 Å². The predicted octanol–water partition coefficient (Wildman–Crippen LogP) is 0.108. The first-order valence-corrected chi connectivity index (χ1v) is 5.16. The normalized spacial score (nSPS) is 16.8. The van der Waals surface area contributed by atoms with Crippen LogP contribution in [0.15, 0.2) is 0 Å². The Kier molecular flexibility index (Phi) is 3.74. The summed E-state index contributed by atoms with van der Waals surface area (Å²) in [6.45, 7) is 6.22. The van der Waals surface area contributed by atoms with E-state index in [1.54, 1.807) is 0 Å². The molecule has 1 aliphatic heterocycles. The van der Waals surface area contributed by atoms with E-state index in [1.807, 2.05) is 20.8 Å². The van der Waals surface area contributed by atoms with Gasteiger partial charge in [-0.25, -0.2) is 4.79 Å². The number of likely N-dealkylation sites (tertiary alicyclic amines) is 1. The third-order valence-electron chi connectivity index (χ3n) is 1.96. The molecular formula is C10H18N2O4. The highest BCUT2D eigenvalue weighted by atomic mass is 16.6. The van der Waals surface area contributed by atoms with E-state index in [9.17, 15) is 9.59 Å². The summed E-state index contributed by atoms with van der Waals surface area (Å²) in [6.07, 6.45) is -0.466. The molecule has 2 amide bonds. The van der Waals surface area contributed by atoms with Crippen LogP contribution in [0.4, 0.5) is 4.79 Å². The Bertz CT molecular complexity index is 279. The van der Waals surface area contributed by atoms with E-state index in [2.05, 4.69) is 0 Å². The molecule has 0 aliphatic carbocycles.